The molecule has 0 aliphatic heterocycles. The van der Waals surface area contributed by atoms with E-state index >= 15 is 0 Å². The van der Waals surface area contributed by atoms with E-state index < -0.39 is 5.97 Å². The fourth-order valence-corrected chi connectivity index (χ4v) is 2.27. The van der Waals surface area contributed by atoms with Crippen LogP contribution in [0.3, 0.4) is 0 Å². The maximum Gasteiger partial charge on any atom is 0.331 e. The van der Waals surface area contributed by atoms with Crippen molar-refractivity contribution in [2.24, 2.45) is 7.05 Å². The maximum absolute atomic E-state index is 11.8. The summed E-state index contributed by atoms with van der Waals surface area (Å²) < 4.78 is 6.71. The number of hydrogen-bond acceptors (Lipinski definition) is 4. The number of nitrogens with one attached hydrogen (secondary N) is 1. The van der Waals surface area contributed by atoms with Crippen molar-refractivity contribution in [2.75, 3.05) is 11.9 Å². The van der Waals surface area contributed by atoms with Crippen molar-refractivity contribution in [2.45, 2.75) is 20.8 Å². The van der Waals surface area contributed by atoms with Gasteiger partial charge in [-0.3, -0.25) is 9.48 Å². The van der Waals surface area contributed by atoms with Gasteiger partial charge in [-0.2, -0.15) is 5.10 Å². The Morgan fingerprint density at radius 2 is 1.96 bits per heavy atom. The van der Waals surface area contributed by atoms with Crippen LogP contribution in [0.2, 0.25) is 0 Å². The molecule has 0 saturated heterocycles. The SMILES string of the molecule is Cc1ccccc1NC(=O)COC(=O)/C=C/c1c(C)nn(C)c1C. The lowest BCUT2D eigenvalue weighted by atomic mass is 10.2. The number of aromatic nitrogens is 2. The maximum atomic E-state index is 11.8. The second kappa shape index (κ2) is 7.59. The van der Waals surface area contributed by atoms with Crippen LogP contribution in [0.1, 0.15) is 22.5 Å². The molecule has 2 aromatic rings. The van der Waals surface area contributed by atoms with E-state index in [9.17, 15) is 9.59 Å². The minimum atomic E-state index is -0.572. The molecule has 0 fully saturated rings. The average Bonchev–Trinajstić information content (AvgIpc) is 2.78. The largest absolute Gasteiger partial charge is 0.452 e. The number of benzene rings is 1. The van der Waals surface area contributed by atoms with Gasteiger partial charge in [-0.25, -0.2) is 4.79 Å². The highest BCUT2D eigenvalue weighted by atomic mass is 16.5. The van der Waals surface area contributed by atoms with Crippen LogP contribution in [-0.4, -0.2) is 28.3 Å². The number of ether oxygens (including phenoxy) is 1. The van der Waals surface area contributed by atoms with Gasteiger partial charge in [0, 0.05) is 30.1 Å². The highest BCUT2D eigenvalue weighted by Gasteiger charge is 2.09. The molecule has 1 heterocycles. The summed E-state index contributed by atoms with van der Waals surface area (Å²) in [4.78, 5) is 23.6. The Labute approximate surface area is 141 Å². The summed E-state index contributed by atoms with van der Waals surface area (Å²) in [5.74, 6) is -0.947. The van der Waals surface area contributed by atoms with Crippen LogP contribution in [0.25, 0.3) is 6.08 Å². The summed E-state index contributed by atoms with van der Waals surface area (Å²) in [5, 5.41) is 6.97. The minimum Gasteiger partial charge on any atom is -0.452 e. The van der Waals surface area contributed by atoms with Crippen molar-refractivity contribution in [3.05, 3.63) is 52.9 Å². The zero-order valence-electron chi connectivity index (χ0n) is 14.3. The topological polar surface area (TPSA) is 73.2 Å². The number of esters is 1. The third-order valence-electron chi connectivity index (χ3n) is 3.72. The van der Waals surface area contributed by atoms with Crippen molar-refractivity contribution in [3.63, 3.8) is 0 Å². The van der Waals surface area contributed by atoms with E-state index in [1.165, 1.54) is 6.08 Å². The van der Waals surface area contributed by atoms with Crippen molar-refractivity contribution in [3.8, 4) is 0 Å². The van der Waals surface area contributed by atoms with Gasteiger partial charge in [0.05, 0.1) is 5.69 Å². The number of carbonyl (C=O) groups is 2. The summed E-state index contributed by atoms with van der Waals surface area (Å²) >= 11 is 0. The van der Waals surface area contributed by atoms with Gasteiger partial charge in [-0.1, -0.05) is 18.2 Å². The number of carbonyl (C=O) groups excluding carboxylic acids is 2. The summed E-state index contributed by atoms with van der Waals surface area (Å²) in [5.41, 5.74) is 4.30. The van der Waals surface area contributed by atoms with Gasteiger partial charge in [0.1, 0.15) is 0 Å². The monoisotopic (exact) mass is 327 g/mol. The van der Waals surface area contributed by atoms with E-state index in [4.69, 9.17) is 4.74 Å². The van der Waals surface area contributed by atoms with Gasteiger partial charge in [-0.05, 0) is 38.5 Å². The molecule has 0 atom stereocenters. The van der Waals surface area contributed by atoms with Gasteiger partial charge in [0.15, 0.2) is 6.61 Å². The van der Waals surface area contributed by atoms with E-state index in [1.54, 1.807) is 16.8 Å². The third-order valence-corrected chi connectivity index (χ3v) is 3.72. The molecule has 2 rings (SSSR count). The number of aryl methyl sites for hydroxylation is 3. The number of anilines is 1. The standard InChI is InChI=1S/C18H21N3O3/c1-12-7-5-6-8-16(12)19-17(22)11-24-18(23)10-9-15-13(2)20-21(4)14(15)3/h5-10H,11H2,1-4H3,(H,19,22)/b10-9+. The zero-order chi connectivity index (χ0) is 17.7. The van der Waals surface area contributed by atoms with Crippen molar-refractivity contribution in [1.82, 2.24) is 9.78 Å². The molecule has 6 nitrogen and oxygen atoms in total. The Balaban J connectivity index is 1.88. The van der Waals surface area contributed by atoms with Crippen LogP contribution >= 0.6 is 0 Å². The van der Waals surface area contributed by atoms with Crippen LogP contribution in [0.15, 0.2) is 30.3 Å². The average molecular weight is 327 g/mol. The summed E-state index contributed by atoms with van der Waals surface area (Å²) in [7, 11) is 1.84. The molecule has 1 amide bonds. The highest BCUT2D eigenvalue weighted by molar-refractivity contribution is 5.95. The third kappa shape index (κ3) is 4.32. The molecule has 0 bridgehead atoms. The van der Waals surface area contributed by atoms with E-state index in [-0.39, 0.29) is 12.5 Å². The van der Waals surface area contributed by atoms with Crippen molar-refractivity contribution < 1.29 is 14.3 Å². The lowest BCUT2D eigenvalue weighted by Crippen LogP contribution is -2.20. The fraction of sp³-hybridized carbons (Fsp3) is 0.278. The summed E-state index contributed by atoms with van der Waals surface area (Å²) in [6.45, 7) is 5.35. The van der Waals surface area contributed by atoms with Crippen molar-refractivity contribution in [1.29, 1.82) is 0 Å². The lowest BCUT2D eigenvalue weighted by Gasteiger charge is -2.07. The Morgan fingerprint density at radius 1 is 1.25 bits per heavy atom. The van der Waals surface area contributed by atoms with E-state index in [0.29, 0.717) is 5.69 Å². The van der Waals surface area contributed by atoms with Crippen LogP contribution in [0.5, 0.6) is 0 Å². The first-order chi connectivity index (χ1) is 11.4. The number of hydrogen-bond donors (Lipinski definition) is 1. The molecule has 0 unspecified atom stereocenters. The number of rotatable bonds is 5. The van der Waals surface area contributed by atoms with E-state index in [2.05, 4.69) is 10.4 Å². The first-order valence-electron chi connectivity index (χ1n) is 7.59. The zero-order valence-corrected chi connectivity index (χ0v) is 14.3. The first-order valence-corrected chi connectivity index (χ1v) is 7.59. The molecule has 126 valence electrons. The van der Waals surface area contributed by atoms with E-state index in [0.717, 1.165) is 22.5 Å². The predicted molar refractivity (Wildman–Crippen MR) is 92.5 cm³/mol. The van der Waals surface area contributed by atoms with Gasteiger partial charge >= 0.3 is 5.97 Å². The molecule has 1 aromatic carbocycles. The minimum absolute atomic E-state index is 0.331. The van der Waals surface area contributed by atoms with Gasteiger partial charge in [0.2, 0.25) is 0 Å². The molecule has 0 aliphatic rings. The molecule has 0 spiro atoms. The second-order valence-corrected chi connectivity index (χ2v) is 5.51. The summed E-state index contributed by atoms with van der Waals surface area (Å²) in [6, 6.07) is 7.40. The molecule has 1 N–H and O–H groups in total. The van der Waals surface area contributed by atoms with Crippen LogP contribution < -0.4 is 5.32 Å². The fourth-order valence-electron chi connectivity index (χ4n) is 2.27. The second-order valence-electron chi connectivity index (χ2n) is 5.51. The number of nitrogens with zero attached hydrogens (tertiary/aromatic N) is 2. The molecule has 6 heteroatoms. The van der Waals surface area contributed by atoms with E-state index in [1.807, 2.05) is 46.0 Å². The summed E-state index contributed by atoms with van der Waals surface area (Å²) in [6.07, 6.45) is 2.96. The molecule has 1 aromatic heterocycles. The Hall–Kier alpha value is -2.89. The first kappa shape index (κ1) is 17.5. The smallest absolute Gasteiger partial charge is 0.331 e. The normalized spacial score (nSPS) is 10.8. The van der Waals surface area contributed by atoms with Crippen LogP contribution in [0, 0.1) is 20.8 Å². The van der Waals surface area contributed by atoms with Gasteiger partial charge in [0.25, 0.3) is 5.91 Å². The van der Waals surface area contributed by atoms with Crippen LogP contribution in [0.4, 0.5) is 5.69 Å². The molecule has 24 heavy (non-hydrogen) atoms. The number of amides is 1. The number of para-hydroxylation sites is 1. The predicted octanol–water partition coefficient (Wildman–Crippen LogP) is 2.54. The molecular formula is C18H21N3O3. The quantitative estimate of drug-likeness (QED) is 0.676. The van der Waals surface area contributed by atoms with Crippen molar-refractivity contribution >= 4 is 23.6 Å². The lowest BCUT2D eigenvalue weighted by molar-refractivity contribution is -0.142. The molecule has 0 radical (unpaired) electrons. The molecule has 0 saturated carbocycles. The Kier molecular flexibility index (Phi) is 5.52. The Morgan fingerprint density at radius 3 is 2.58 bits per heavy atom. The molecular weight excluding hydrogens is 306 g/mol. The Bertz CT molecular complexity index is 791. The van der Waals surface area contributed by atoms with Gasteiger partial charge in [-0.15, -0.1) is 0 Å². The molecule has 0 aliphatic carbocycles. The van der Waals surface area contributed by atoms with Gasteiger partial charge < -0.3 is 10.1 Å². The highest BCUT2D eigenvalue weighted by Crippen LogP contribution is 2.14. The van der Waals surface area contributed by atoms with Crippen LogP contribution in [-0.2, 0) is 21.4 Å².